The number of carbonyl (C=O) groups excluding carboxylic acids is 1. The van der Waals surface area contributed by atoms with Crippen molar-refractivity contribution < 1.29 is 14.3 Å². The number of aliphatic hydroxyl groups is 1. The molecule has 1 aromatic heterocycles. The minimum Gasteiger partial charge on any atom is -0.469 e. The molecule has 0 radical (unpaired) electrons. The zero-order chi connectivity index (χ0) is 13.2. The summed E-state index contributed by atoms with van der Waals surface area (Å²) in [7, 11) is 1.71. The molecule has 1 atom stereocenters. The third-order valence-corrected chi connectivity index (χ3v) is 3.40. The van der Waals surface area contributed by atoms with Crippen molar-refractivity contribution in [3.8, 4) is 0 Å². The van der Waals surface area contributed by atoms with Gasteiger partial charge in [0, 0.05) is 20.0 Å². The zero-order valence-electron chi connectivity index (χ0n) is 10.9. The summed E-state index contributed by atoms with van der Waals surface area (Å²) < 4.78 is 5.26. The molecule has 1 aliphatic heterocycles. The van der Waals surface area contributed by atoms with Crippen molar-refractivity contribution in [1.82, 2.24) is 10.2 Å². The van der Waals surface area contributed by atoms with Gasteiger partial charge in [-0.25, -0.2) is 0 Å². The van der Waals surface area contributed by atoms with E-state index in [1.807, 2.05) is 6.92 Å². The minimum absolute atomic E-state index is 0.0964. The van der Waals surface area contributed by atoms with Crippen LogP contribution in [0.4, 0.5) is 0 Å². The van der Waals surface area contributed by atoms with Crippen molar-refractivity contribution in [3.63, 3.8) is 0 Å². The van der Waals surface area contributed by atoms with Gasteiger partial charge in [0.1, 0.15) is 5.76 Å². The molecular weight excluding hydrogens is 232 g/mol. The Balaban J connectivity index is 2.05. The quantitative estimate of drug-likeness (QED) is 0.825. The molecule has 18 heavy (non-hydrogen) atoms. The molecule has 5 nitrogen and oxygen atoms in total. The van der Waals surface area contributed by atoms with Crippen molar-refractivity contribution in [2.45, 2.75) is 25.4 Å². The molecule has 0 spiro atoms. The third kappa shape index (κ3) is 2.57. The molecule has 1 amide bonds. The molecule has 1 aliphatic rings. The van der Waals surface area contributed by atoms with E-state index in [-0.39, 0.29) is 5.91 Å². The lowest BCUT2D eigenvalue weighted by Gasteiger charge is -2.28. The smallest absolute Gasteiger partial charge is 0.257 e. The molecular formula is C13H20N2O3. The van der Waals surface area contributed by atoms with Crippen LogP contribution < -0.4 is 5.32 Å². The summed E-state index contributed by atoms with van der Waals surface area (Å²) in [5.74, 6) is 0.601. The fourth-order valence-electron chi connectivity index (χ4n) is 2.39. The van der Waals surface area contributed by atoms with E-state index < -0.39 is 5.60 Å². The van der Waals surface area contributed by atoms with Gasteiger partial charge >= 0.3 is 0 Å². The monoisotopic (exact) mass is 252 g/mol. The maximum absolute atomic E-state index is 12.2. The van der Waals surface area contributed by atoms with Gasteiger partial charge < -0.3 is 19.7 Å². The fourth-order valence-corrected chi connectivity index (χ4v) is 2.39. The molecule has 1 aromatic rings. The van der Waals surface area contributed by atoms with Gasteiger partial charge in [-0.1, -0.05) is 6.92 Å². The molecule has 2 rings (SSSR count). The first-order chi connectivity index (χ1) is 8.56. The van der Waals surface area contributed by atoms with Crippen LogP contribution >= 0.6 is 0 Å². The average Bonchev–Trinajstić information content (AvgIpc) is 2.96. The van der Waals surface area contributed by atoms with E-state index in [4.69, 9.17) is 4.42 Å². The Labute approximate surface area is 107 Å². The minimum atomic E-state index is -0.805. The van der Waals surface area contributed by atoms with E-state index in [0.29, 0.717) is 37.3 Å². The first-order valence-corrected chi connectivity index (χ1v) is 6.31. The van der Waals surface area contributed by atoms with Gasteiger partial charge in [-0.2, -0.15) is 0 Å². The van der Waals surface area contributed by atoms with Gasteiger partial charge in [0.05, 0.1) is 24.0 Å². The first kappa shape index (κ1) is 13.1. The normalized spacial score (nSPS) is 23.3. The predicted octanol–water partition coefficient (Wildman–Crippen LogP) is 0.638. The number of carbonyl (C=O) groups is 1. The molecule has 100 valence electrons. The van der Waals surface area contributed by atoms with Crippen LogP contribution in [0, 0.1) is 0 Å². The maximum Gasteiger partial charge on any atom is 0.257 e. The lowest BCUT2D eigenvalue weighted by molar-refractivity contribution is 0.0251. The van der Waals surface area contributed by atoms with Crippen LogP contribution in [0.25, 0.3) is 0 Å². The molecule has 1 saturated heterocycles. The Hall–Kier alpha value is -1.33. The second-order valence-corrected chi connectivity index (χ2v) is 4.92. The second kappa shape index (κ2) is 5.12. The van der Waals surface area contributed by atoms with E-state index in [1.165, 1.54) is 6.26 Å². The summed E-state index contributed by atoms with van der Waals surface area (Å²) in [5, 5.41) is 13.4. The molecule has 1 fully saturated rings. The van der Waals surface area contributed by atoms with Crippen LogP contribution in [0.5, 0.6) is 0 Å². The molecule has 2 N–H and O–H groups in total. The summed E-state index contributed by atoms with van der Waals surface area (Å²) >= 11 is 0. The third-order valence-electron chi connectivity index (χ3n) is 3.40. The molecule has 2 heterocycles. The van der Waals surface area contributed by atoms with Crippen molar-refractivity contribution in [3.05, 3.63) is 23.7 Å². The van der Waals surface area contributed by atoms with Gasteiger partial charge in [-0.3, -0.25) is 4.79 Å². The van der Waals surface area contributed by atoms with Gasteiger partial charge in [0.15, 0.2) is 0 Å². The molecule has 0 aromatic carbocycles. The first-order valence-electron chi connectivity index (χ1n) is 6.31. The molecule has 0 saturated carbocycles. The summed E-state index contributed by atoms with van der Waals surface area (Å²) in [6, 6.07) is 1.69. The van der Waals surface area contributed by atoms with Crippen LogP contribution in [0.15, 0.2) is 16.7 Å². The van der Waals surface area contributed by atoms with Gasteiger partial charge in [0.2, 0.25) is 0 Å². The number of furan rings is 1. The van der Waals surface area contributed by atoms with Crippen LogP contribution in [0.2, 0.25) is 0 Å². The lowest BCUT2D eigenvalue weighted by Crippen LogP contribution is -2.45. The number of nitrogens with zero attached hydrogens (tertiary/aromatic N) is 1. The zero-order valence-corrected chi connectivity index (χ0v) is 10.9. The van der Waals surface area contributed by atoms with E-state index >= 15 is 0 Å². The van der Waals surface area contributed by atoms with E-state index in [9.17, 15) is 9.90 Å². The Morgan fingerprint density at radius 3 is 3.06 bits per heavy atom. The van der Waals surface area contributed by atoms with Crippen molar-refractivity contribution in [2.24, 2.45) is 0 Å². The highest BCUT2D eigenvalue weighted by Crippen LogP contribution is 2.18. The maximum atomic E-state index is 12.2. The van der Waals surface area contributed by atoms with E-state index in [0.717, 1.165) is 6.54 Å². The van der Waals surface area contributed by atoms with Gasteiger partial charge in [-0.15, -0.1) is 0 Å². The molecule has 0 bridgehead atoms. The Morgan fingerprint density at radius 1 is 1.67 bits per heavy atom. The molecule has 1 unspecified atom stereocenters. The van der Waals surface area contributed by atoms with Crippen LogP contribution in [0.1, 0.15) is 29.5 Å². The predicted molar refractivity (Wildman–Crippen MR) is 67.5 cm³/mol. The van der Waals surface area contributed by atoms with Crippen LogP contribution in [0.3, 0.4) is 0 Å². The van der Waals surface area contributed by atoms with E-state index in [1.54, 1.807) is 18.0 Å². The van der Waals surface area contributed by atoms with Gasteiger partial charge in [-0.05, 0) is 19.0 Å². The highest BCUT2D eigenvalue weighted by molar-refractivity contribution is 5.95. The summed E-state index contributed by atoms with van der Waals surface area (Å²) in [6.45, 7) is 3.62. The van der Waals surface area contributed by atoms with Crippen LogP contribution in [-0.4, -0.2) is 48.2 Å². The highest BCUT2D eigenvalue weighted by atomic mass is 16.3. The number of likely N-dealkylation sites (N-methyl/N-ethyl adjacent to an activating group) is 1. The lowest BCUT2D eigenvalue weighted by atomic mass is 10.0. The summed E-state index contributed by atoms with van der Waals surface area (Å²) in [4.78, 5) is 13.8. The number of hydrogen-bond donors (Lipinski definition) is 2. The SMILES string of the molecule is CCc1occc1C(=O)N(C)CC1(O)CCNC1. The Kier molecular flexibility index (Phi) is 3.73. The molecule has 0 aliphatic carbocycles. The topological polar surface area (TPSA) is 65.7 Å². The van der Waals surface area contributed by atoms with Crippen LogP contribution in [-0.2, 0) is 6.42 Å². The molecule has 5 heteroatoms. The largest absolute Gasteiger partial charge is 0.469 e. The fraction of sp³-hybridized carbons (Fsp3) is 0.615. The van der Waals surface area contributed by atoms with Gasteiger partial charge in [0.25, 0.3) is 5.91 Å². The van der Waals surface area contributed by atoms with Crippen molar-refractivity contribution >= 4 is 5.91 Å². The number of hydrogen-bond acceptors (Lipinski definition) is 4. The number of amides is 1. The number of aryl methyl sites for hydroxylation is 1. The Morgan fingerprint density at radius 2 is 2.44 bits per heavy atom. The van der Waals surface area contributed by atoms with Crippen molar-refractivity contribution in [1.29, 1.82) is 0 Å². The summed E-state index contributed by atoms with van der Waals surface area (Å²) in [5.41, 5.74) is -0.213. The number of β-amino-alcohol motifs (C(OH)–C–C–N with tert-alkyl or cyclic N) is 1. The standard InChI is InChI=1S/C13H20N2O3/c1-3-11-10(4-7-18-11)12(16)15(2)9-13(17)5-6-14-8-13/h4,7,14,17H,3,5-6,8-9H2,1-2H3. The van der Waals surface area contributed by atoms with Crippen molar-refractivity contribution in [2.75, 3.05) is 26.7 Å². The Bertz CT molecular complexity index is 422. The highest BCUT2D eigenvalue weighted by Gasteiger charge is 2.34. The number of nitrogens with one attached hydrogen (secondary N) is 1. The number of rotatable bonds is 4. The second-order valence-electron chi connectivity index (χ2n) is 4.92. The van der Waals surface area contributed by atoms with E-state index in [2.05, 4.69) is 5.32 Å². The average molecular weight is 252 g/mol. The summed E-state index contributed by atoms with van der Waals surface area (Å²) in [6.07, 6.45) is 2.90.